The molecule has 0 bridgehead atoms. The van der Waals surface area contributed by atoms with Gasteiger partial charge in [-0.2, -0.15) is 0 Å². The minimum absolute atomic E-state index is 0.0568. The van der Waals surface area contributed by atoms with E-state index in [0.717, 1.165) is 12.8 Å². The predicted molar refractivity (Wildman–Crippen MR) is 54.7 cm³/mol. The van der Waals surface area contributed by atoms with Crippen molar-refractivity contribution in [3.05, 3.63) is 0 Å². The van der Waals surface area contributed by atoms with Crippen molar-refractivity contribution in [1.82, 2.24) is 4.90 Å². The summed E-state index contributed by atoms with van der Waals surface area (Å²) in [6.07, 6.45) is 1.33. The second-order valence-electron chi connectivity index (χ2n) is 3.59. The number of aliphatic hydroxyl groups is 1. The minimum atomic E-state index is -0.301. The fourth-order valence-corrected chi connectivity index (χ4v) is 1.39. The lowest BCUT2D eigenvalue weighted by Crippen LogP contribution is -2.47. The summed E-state index contributed by atoms with van der Waals surface area (Å²) in [6.45, 7) is 3.89. The number of morpholine rings is 1. The summed E-state index contributed by atoms with van der Waals surface area (Å²) in [5.74, 6) is 0. The average Bonchev–Trinajstić information content (AvgIpc) is 2.29. The van der Waals surface area contributed by atoms with Gasteiger partial charge in [-0.1, -0.05) is 13.3 Å². The highest BCUT2D eigenvalue weighted by atomic mass is 16.6. The number of rotatable bonds is 4. The van der Waals surface area contributed by atoms with Gasteiger partial charge in [-0.05, 0) is 6.42 Å². The molecule has 1 atom stereocenters. The van der Waals surface area contributed by atoms with Crippen molar-refractivity contribution >= 4 is 6.09 Å². The van der Waals surface area contributed by atoms with E-state index < -0.39 is 0 Å². The first-order chi connectivity index (χ1) is 7.27. The maximum atomic E-state index is 11.5. The molecule has 0 aliphatic carbocycles. The third kappa shape index (κ3) is 4.05. The number of nitrogens with zero attached hydrogens (tertiary/aromatic N) is 1. The lowest BCUT2D eigenvalue weighted by molar-refractivity contribution is -0.0496. The van der Waals surface area contributed by atoms with Crippen molar-refractivity contribution in [2.45, 2.75) is 25.9 Å². The summed E-state index contributed by atoms with van der Waals surface area (Å²) in [4.78, 5) is 13.1. The highest BCUT2D eigenvalue weighted by Crippen LogP contribution is 2.06. The number of aliphatic hydroxyl groups excluding tert-OH is 1. The van der Waals surface area contributed by atoms with Gasteiger partial charge in [-0.25, -0.2) is 4.79 Å². The second-order valence-corrected chi connectivity index (χ2v) is 3.59. The second kappa shape index (κ2) is 6.63. The van der Waals surface area contributed by atoms with Gasteiger partial charge < -0.3 is 19.5 Å². The molecule has 0 saturated carbocycles. The molecular weight excluding hydrogens is 198 g/mol. The van der Waals surface area contributed by atoms with Gasteiger partial charge in [0.05, 0.1) is 32.5 Å². The summed E-state index contributed by atoms with van der Waals surface area (Å²) in [5.41, 5.74) is 0. The van der Waals surface area contributed by atoms with E-state index in [1.54, 1.807) is 4.90 Å². The fourth-order valence-electron chi connectivity index (χ4n) is 1.39. The van der Waals surface area contributed by atoms with E-state index in [9.17, 15) is 4.79 Å². The first kappa shape index (κ1) is 12.3. The van der Waals surface area contributed by atoms with Crippen LogP contribution >= 0.6 is 0 Å². The largest absolute Gasteiger partial charge is 0.449 e. The SMILES string of the molecule is CCCCOC(=O)N1CCO[C@@H](CO)C1. The molecule has 1 N–H and O–H groups in total. The highest BCUT2D eigenvalue weighted by molar-refractivity contribution is 5.67. The highest BCUT2D eigenvalue weighted by Gasteiger charge is 2.24. The zero-order valence-electron chi connectivity index (χ0n) is 9.15. The number of amides is 1. The van der Waals surface area contributed by atoms with Gasteiger partial charge in [0.15, 0.2) is 0 Å². The van der Waals surface area contributed by atoms with Crippen LogP contribution in [0.1, 0.15) is 19.8 Å². The Kier molecular flexibility index (Phi) is 5.42. The molecule has 1 aliphatic rings. The Morgan fingerprint density at radius 1 is 1.67 bits per heavy atom. The van der Waals surface area contributed by atoms with E-state index in [-0.39, 0.29) is 18.8 Å². The number of hydrogen-bond donors (Lipinski definition) is 1. The first-order valence-electron chi connectivity index (χ1n) is 5.42. The molecule has 1 amide bonds. The molecule has 5 nitrogen and oxygen atoms in total. The van der Waals surface area contributed by atoms with Crippen LogP contribution in [0.3, 0.4) is 0 Å². The third-order valence-electron chi connectivity index (χ3n) is 2.32. The molecule has 1 saturated heterocycles. The van der Waals surface area contributed by atoms with Crippen LogP contribution in [0.25, 0.3) is 0 Å². The summed E-state index contributed by atoms with van der Waals surface area (Å²) < 4.78 is 10.3. The van der Waals surface area contributed by atoms with Crippen LogP contribution in [0.15, 0.2) is 0 Å². The zero-order valence-corrected chi connectivity index (χ0v) is 9.15. The average molecular weight is 217 g/mol. The van der Waals surface area contributed by atoms with Crippen molar-refractivity contribution < 1.29 is 19.4 Å². The van der Waals surface area contributed by atoms with E-state index in [1.807, 2.05) is 6.92 Å². The molecule has 0 radical (unpaired) electrons. The quantitative estimate of drug-likeness (QED) is 0.701. The number of unbranched alkanes of at least 4 members (excludes halogenated alkanes) is 1. The van der Waals surface area contributed by atoms with Crippen molar-refractivity contribution in [2.75, 3.05) is 32.9 Å². The minimum Gasteiger partial charge on any atom is -0.449 e. The normalized spacial score (nSPS) is 21.5. The topological polar surface area (TPSA) is 59.0 Å². The Balaban J connectivity index is 2.25. The maximum absolute atomic E-state index is 11.5. The lowest BCUT2D eigenvalue weighted by atomic mass is 10.3. The number of ether oxygens (including phenoxy) is 2. The molecule has 0 spiro atoms. The van der Waals surface area contributed by atoms with Crippen LogP contribution in [-0.4, -0.2) is 55.1 Å². The van der Waals surface area contributed by atoms with E-state index in [4.69, 9.17) is 14.6 Å². The molecule has 0 aromatic heterocycles. The van der Waals surface area contributed by atoms with Gasteiger partial charge in [-0.15, -0.1) is 0 Å². The van der Waals surface area contributed by atoms with E-state index >= 15 is 0 Å². The van der Waals surface area contributed by atoms with Gasteiger partial charge in [0.2, 0.25) is 0 Å². The first-order valence-corrected chi connectivity index (χ1v) is 5.42. The van der Waals surface area contributed by atoms with Crippen LogP contribution in [-0.2, 0) is 9.47 Å². The molecule has 0 aromatic rings. The number of carbonyl (C=O) groups is 1. The molecular formula is C10H19NO4. The van der Waals surface area contributed by atoms with Gasteiger partial charge in [0.1, 0.15) is 0 Å². The molecule has 15 heavy (non-hydrogen) atoms. The lowest BCUT2D eigenvalue weighted by Gasteiger charge is -2.31. The van der Waals surface area contributed by atoms with Gasteiger partial charge >= 0.3 is 6.09 Å². The van der Waals surface area contributed by atoms with Crippen molar-refractivity contribution in [1.29, 1.82) is 0 Å². The van der Waals surface area contributed by atoms with Gasteiger partial charge in [0.25, 0.3) is 0 Å². The van der Waals surface area contributed by atoms with Crippen LogP contribution in [0, 0.1) is 0 Å². The van der Waals surface area contributed by atoms with Crippen LogP contribution in [0.2, 0.25) is 0 Å². The van der Waals surface area contributed by atoms with Crippen molar-refractivity contribution in [3.63, 3.8) is 0 Å². The molecule has 1 aliphatic heterocycles. The fraction of sp³-hybridized carbons (Fsp3) is 0.900. The van der Waals surface area contributed by atoms with Gasteiger partial charge in [-0.3, -0.25) is 0 Å². The van der Waals surface area contributed by atoms with Crippen molar-refractivity contribution in [2.24, 2.45) is 0 Å². The molecule has 1 heterocycles. The molecule has 1 rings (SSSR count). The number of carbonyl (C=O) groups excluding carboxylic acids is 1. The summed E-state index contributed by atoms with van der Waals surface area (Å²) in [5, 5.41) is 8.90. The molecule has 1 fully saturated rings. The van der Waals surface area contributed by atoms with Crippen LogP contribution in [0.4, 0.5) is 4.79 Å². The smallest absolute Gasteiger partial charge is 0.409 e. The Hall–Kier alpha value is -0.810. The van der Waals surface area contributed by atoms with E-state index in [2.05, 4.69) is 0 Å². The molecule has 0 unspecified atom stereocenters. The van der Waals surface area contributed by atoms with E-state index in [0.29, 0.717) is 26.3 Å². The maximum Gasteiger partial charge on any atom is 0.409 e. The molecule has 5 heteroatoms. The Labute approximate surface area is 90.0 Å². The molecule has 0 aromatic carbocycles. The van der Waals surface area contributed by atoms with Gasteiger partial charge in [0, 0.05) is 6.54 Å². The van der Waals surface area contributed by atoms with Crippen LogP contribution < -0.4 is 0 Å². The summed E-state index contributed by atoms with van der Waals surface area (Å²) in [7, 11) is 0. The Morgan fingerprint density at radius 2 is 2.47 bits per heavy atom. The third-order valence-corrected chi connectivity index (χ3v) is 2.32. The summed E-state index contributed by atoms with van der Waals surface area (Å²) in [6, 6.07) is 0. The number of hydrogen-bond acceptors (Lipinski definition) is 4. The Bertz CT molecular complexity index is 198. The van der Waals surface area contributed by atoms with Crippen molar-refractivity contribution in [3.8, 4) is 0 Å². The molecule has 88 valence electrons. The zero-order chi connectivity index (χ0) is 11.1. The van der Waals surface area contributed by atoms with Crippen LogP contribution in [0.5, 0.6) is 0 Å². The Morgan fingerprint density at radius 3 is 3.13 bits per heavy atom. The predicted octanol–water partition coefficient (Wildman–Crippen LogP) is 0.616. The standard InChI is InChI=1S/C10H19NO4/c1-2-3-5-15-10(13)11-4-6-14-9(7-11)8-12/h9,12H,2-8H2,1H3/t9-/m1/s1. The monoisotopic (exact) mass is 217 g/mol. The van der Waals surface area contributed by atoms with E-state index in [1.165, 1.54) is 0 Å². The summed E-state index contributed by atoms with van der Waals surface area (Å²) >= 11 is 0.